The molecule has 1 heterocycles. The van der Waals surface area contributed by atoms with E-state index >= 15 is 0 Å². The number of hydrogen-bond donors (Lipinski definition) is 0. The summed E-state index contributed by atoms with van der Waals surface area (Å²) in [6, 6.07) is 7.42. The van der Waals surface area contributed by atoms with Crippen LogP contribution in [-0.2, 0) is 33.2 Å². The van der Waals surface area contributed by atoms with Gasteiger partial charge in [0.05, 0.1) is 85.9 Å². The maximum atomic E-state index is 5.67. The van der Waals surface area contributed by atoms with Crippen molar-refractivity contribution >= 4 is 0 Å². The molecule has 0 unspecified atom stereocenters. The van der Waals surface area contributed by atoms with Crippen LogP contribution in [-0.4, -0.2) is 119 Å². The van der Waals surface area contributed by atoms with Gasteiger partial charge in [-0.25, -0.2) is 0 Å². The highest BCUT2D eigenvalue weighted by molar-refractivity contribution is 5.54. The monoisotopic (exact) mass is 534 g/mol. The van der Waals surface area contributed by atoms with E-state index in [0.29, 0.717) is 111 Å². The minimum atomic E-state index is 0.307. The molecule has 210 valence electrons. The standard InChI is InChI=1S/C26H38N4O8/c1-3-8-31-9-10-32-11-12-33-13-14-34-15-16-35-17-18-36-19-20-37-21-22-38-25-6-4-24(5-7-25)26-29-27-23(2)28-30-26/h1,4-7H,8-22H2,2H3. The lowest BCUT2D eigenvalue weighted by atomic mass is 10.2. The number of aryl methyl sites for hydroxylation is 1. The third kappa shape index (κ3) is 16.2. The number of ether oxygens (including phenoxy) is 8. The zero-order valence-corrected chi connectivity index (χ0v) is 22.0. The molecule has 0 aliphatic carbocycles. The highest BCUT2D eigenvalue weighted by Crippen LogP contribution is 2.18. The number of benzene rings is 1. The van der Waals surface area contributed by atoms with Crippen LogP contribution in [0.5, 0.6) is 5.75 Å². The predicted molar refractivity (Wildman–Crippen MR) is 138 cm³/mol. The molecule has 0 radical (unpaired) electrons. The molecule has 0 atom stereocenters. The number of hydrogen-bond acceptors (Lipinski definition) is 12. The SMILES string of the molecule is C#CCOCCOCCOCCOCCOCCOCCOCCOc1ccc(-c2nnc(C)nn2)cc1. The van der Waals surface area contributed by atoms with Crippen molar-refractivity contribution in [1.82, 2.24) is 20.4 Å². The molecule has 2 aromatic rings. The van der Waals surface area contributed by atoms with Gasteiger partial charge in [0.25, 0.3) is 0 Å². The Bertz CT molecular complexity index is 865. The molecular formula is C26H38N4O8. The molecule has 0 saturated heterocycles. The topological polar surface area (TPSA) is 125 Å². The summed E-state index contributed by atoms with van der Waals surface area (Å²) in [6.07, 6.45) is 5.07. The molecule has 0 aliphatic heterocycles. The van der Waals surface area contributed by atoms with Gasteiger partial charge in [0.1, 0.15) is 19.0 Å². The van der Waals surface area contributed by atoms with Crippen LogP contribution in [0, 0.1) is 19.3 Å². The van der Waals surface area contributed by atoms with E-state index < -0.39 is 0 Å². The maximum absolute atomic E-state index is 5.67. The second kappa shape index (κ2) is 22.2. The van der Waals surface area contributed by atoms with Crippen molar-refractivity contribution in [3.05, 3.63) is 30.1 Å². The van der Waals surface area contributed by atoms with E-state index in [0.717, 1.165) is 11.3 Å². The molecule has 0 spiro atoms. The third-order valence-corrected chi connectivity index (χ3v) is 4.61. The molecule has 0 aliphatic rings. The van der Waals surface area contributed by atoms with Crippen molar-refractivity contribution in [3.63, 3.8) is 0 Å². The molecule has 0 N–H and O–H groups in total. The second-order valence-electron chi connectivity index (χ2n) is 7.57. The van der Waals surface area contributed by atoms with E-state index in [1.165, 1.54) is 0 Å². The average molecular weight is 535 g/mol. The van der Waals surface area contributed by atoms with Crippen molar-refractivity contribution in [1.29, 1.82) is 0 Å². The zero-order valence-electron chi connectivity index (χ0n) is 22.0. The van der Waals surface area contributed by atoms with Crippen molar-refractivity contribution < 1.29 is 37.9 Å². The number of rotatable bonds is 24. The number of nitrogens with zero attached hydrogens (tertiary/aromatic N) is 4. The Hall–Kier alpha value is -2.76. The van der Waals surface area contributed by atoms with Crippen LogP contribution in [0.1, 0.15) is 5.82 Å². The first-order chi connectivity index (χ1) is 18.8. The van der Waals surface area contributed by atoms with Gasteiger partial charge in [-0.15, -0.1) is 26.8 Å². The maximum Gasteiger partial charge on any atom is 0.203 e. The summed E-state index contributed by atoms with van der Waals surface area (Å²) in [5.74, 6) is 4.14. The molecule has 0 saturated carbocycles. The summed E-state index contributed by atoms with van der Waals surface area (Å²) in [7, 11) is 0. The van der Waals surface area contributed by atoms with Gasteiger partial charge in [0, 0.05) is 5.56 Å². The molecule has 12 nitrogen and oxygen atoms in total. The number of terminal acetylenes is 1. The molecular weight excluding hydrogens is 496 g/mol. The lowest BCUT2D eigenvalue weighted by Crippen LogP contribution is -2.15. The van der Waals surface area contributed by atoms with E-state index in [2.05, 4.69) is 26.3 Å². The summed E-state index contributed by atoms with van der Waals surface area (Å²) in [4.78, 5) is 0. The smallest absolute Gasteiger partial charge is 0.203 e. The predicted octanol–water partition coefficient (Wildman–Crippen LogP) is 1.37. The molecule has 38 heavy (non-hydrogen) atoms. The minimum absolute atomic E-state index is 0.307. The fourth-order valence-electron chi connectivity index (χ4n) is 2.76. The third-order valence-electron chi connectivity index (χ3n) is 4.61. The largest absolute Gasteiger partial charge is 0.491 e. The van der Waals surface area contributed by atoms with Crippen LogP contribution >= 0.6 is 0 Å². The molecule has 12 heteroatoms. The lowest BCUT2D eigenvalue weighted by Gasteiger charge is -2.09. The van der Waals surface area contributed by atoms with E-state index in [9.17, 15) is 0 Å². The summed E-state index contributed by atoms with van der Waals surface area (Å²) in [5.41, 5.74) is 0.824. The van der Waals surface area contributed by atoms with Crippen molar-refractivity contribution in [3.8, 4) is 29.5 Å². The van der Waals surface area contributed by atoms with Gasteiger partial charge < -0.3 is 37.9 Å². The Morgan fingerprint density at radius 3 is 1.37 bits per heavy atom. The fourth-order valence-corrected chi connectivity index (χ4v) is 2.76. The van der Waals surface area contributed by atoms with E-state index in [-0.39, 0.29) is 0 Å². The van der Waals surface area contributed by atoms with Gasteiger partial charge in [0.15, 0.2) is 5.82 Å². The molecule has 0 amide bonds. The van der Waals surface area contributed by atoms with Crippen molar-refractivity contribution in [2.45, 2.75) is 6.92 Å². The molecule has 1 aromatic carbocycles. The first-order valence-corrected chi connectivity index (χ1v) is 12.5. The van der Waals surface area contributed by atoms with Gasteiger partial charge in [-0.1, -0.05) is 5.92 Å². The van der Waals surface area contributed by atoms with Crippen LogP contribution in [0.4, 0.5) is 0 Å². The first-order valence-electron chi connectivity index (χ1n) is 12.5. The van der Waals surface area contributed by atoms with Crippen LogP contribution < -0.4 is 4.74 Å². The number of aromatic nitrogens is 4. The quantitative estimate of drug-likeness (QED) is 0.143. The highest BCUT2D eigenvalue weighted by Gasteiger charge is 2.03. The Morgan fingerprint density at radius 1 is 0.553 bits per heavy atom. The van der Waals surface area contributed by atoms with Gasteiger partial charge in [-0.05, 0) is 31.2 Å². The van der Waals surface area contributed by atoms with Crippen molar-refractivity contribution in [2.75, 3.05) is 99.1 Å². The lowest BCUT2D eigenvalue weighted by molar-refractivity contribution is -0.0204. The fraction of sp³-hybridized carbons (Fsp3) is 0.615. The second-order valence-corrected chi connectivity index (χ2v) is 7.57. The summed E-state index contributed by atoms with van der Waals surface area (Å²) >= 11 is 0. The zero-order chi connectivity index (χ0) is 26.9. The van der Waals surface area contributed by atoms with Crippen LogP contribution in [0.2, 0.25) is 0 Å². The van der Waals surface area contributed by atoms with E-state index in [1.807, 2.05) is 24.3 Å². The molecule has 2 rings (SSSR count). The van der Waals surface area contributed by atoms with E-state index in [4.69, 9.17) is 44.3 Å². The summed E-state index contributed by atoms with van der Waals surface area (Å²) < 4.78 is 43.4. The van der Waals surface area contributed by atoms with E-state index in [1.54, 1.807) is 6.92 Å². The Balaban J connectivity index is 1.28. The normalized spacial score (nSPS) is 10.9. The van der Waals surface area contributed by atoms with Crippen LogP contribution in [0.3, 0.4) is 0 Å². The van der Waals surface area contributed by atoms with Crippen LogP contribution in [0.15, 0.2) is 24.3 Å². The summed E-state index contributed by atoms with van der Waals surface area (Å²) in [5, 5.41) is 15.9. The Kier molecular flexibility index (Phi) is 18.4. The summed E-state index contributed by atoms with van der Waals surface area (Å²) in [6.45, 7) is 8.98. The van der Waals surface area contributed by atoms with Crippen molar-refractivity contribution in [2.24, 2.45) is 0 Å². The van der Waals surface area contributed by atoms with Gasteiger partial charge in [-0.2, -0.15) is 0 Å². The average Bonchev–Trinajstić information content (AvgIpc) is 2.94. The molecule has 1 aromatic heterocycles. The highest BCUT2D eigenvalue weighted by atomic mass is 16.6. The van der Waals surface area contributed by atoms with Gasteiger partial charge in [-0.3, -0.25) is 0 Å². The first kappa shape index (κ1) is 31.5. The molecule has 0 fully saturated rings. The molecule has 0 bridgehead atoms. The van der Waals surface area contributed by atoms with Gasteiger partial charge >= 0.3 is 0 Å². The minimum Gasteiger partial charge on any atom is -0.491 e. The Labute approximate surface area is 224 Å². The van der Waals surface area contributed by atoms with Crippen LogP contribution in [0.25, 0.3) is 11.4 Å². The Morgan fingerprint density at radius 2 is 0.947 bits per heavy atom. The van der Waals surface area contributed by atoms with Gasteiger partial charge in [0.2, 0.25) is 5.82 Å².